The summed E-state index contributed by atoms with van der Waals surface area (Å²) in [6, 6.07) is 14.3. The first-order valence-electron chi connectivity index (χ1n) is 8.03. The Labute approximate surface area is 161 Å². The van der Waals surface area contributed by atoms with Gasteiger partial charge < -0.3 is 9.52 Å². The fraction of sp³-hybridized carbons (Fsp3) is 0.105. The number of aryl methyl sites for hydroxylation is 2. The number of carboxylic acid groups (broad SMARTS) is 1. The largest absolute Gasteiger partial charge is 0.478 e. The van der Waals surface area contributed by atoms with Crippen molar-refractivity contribution in [1.29, 1.82) is 0 Å². The van der Waals surface area contributed by atoms with Gasteiger partial charge in [-0.15, -0.1) is 0 Å². The third kappa shape index (κ3) is 4.50. The first kappa shape index (κ1) is 19.0. The van der Waals surface area contributed by atoms with Gasteiger partial charge in [-0.3, -0.25) is 4.72 Å². The minimum absolute atomic E-state index is 0.0436. The van der Waals surface area contributed by atoms with Crippen LogP contribution in [-0.2, 0) is 22.9 Å². The maximum absolute atomic E-state index is 12.6. The molecule has 0 bridgehead atoms. The molecule has 0 aliphatic rings. The van der Waals surface area contributed by atoms with Crippen molar-refractivity contribution in [3.8, 4) is 0 Å². The molecule has 8 heteroatoms. The Morgan fingerprint density at radius 3 is 2.44 bits per heavy atom. The molecule has 1 aromatic heterocycles. The summed E-state index contributed by atoms with van der Waals surface area (Å²) in [5, 5.41) is 9.47. The molecule has 0 unspecified atom stereocenters. The molecule has 0 radical (unpaired) electrons. The molecule has 0 saturated carbocycles. The van der Waals surface area contributed by atoms with Crippen molar-refractivity contribution in [3.05, 3.63) is 82.8 Å². The van der Waals surface area contributed by atoms with E-state index in [1.54, 1.807) is 42.5 Å². The molecule has 1 heterocycles. The Kier molecular flexibility index (Phi) is 5.53. The van der Waals surface area contributed by atoms with Gasteiger partial charge in [-0.05, 0) is 48.4 Å². The van der Waals surface area contributed by atoms with Crippen molar-refractivity contribution >= 4 is 33.3 Å². The normalized spacial score (nSPS) is 11.3. The number of hydrogen-bond acceptors (Lipinski definition) is 4. The van der Waals surface area contributed by atoms with E-state index in [-0.39, 0.29) is 15.5 Å². The van der Waals surface area contributed by atoms with Gasteiger partial charge >= 0.3 is 5.97 Å². The van der Waals surface area contributed by atoms with E-state index in [9.17, 15) is 18.3 Å². The van der Waals surface area contributed by atoms with E-state index >= 15 is 0 Å². The minimum atomic E-state index is -4.04. The molecular weight excluding hydrogens is 390 g/mol. The lowest BCUT2D eigenvalue weighted by Gasteiger charge is -2.13. The second-order valence-corrected chi connectivity index (χ2v) is 7.85. The van der Waals surface area contributed by atoms with Gasteiger partial charge in [-0.2, -0.15) is 0 Å². The molecule has 27 heavy (non-hydrogen) atoms. The number of hydrogen-bond donors (Lipinski definition) is 2. The smallest absolute Gasteiger partial charge is 0.336 e. The molecular formula is C19H16ClNO5S. The highest BCUT2D eigenvalue weighted by Crippen LogP contribution is 2.28. The van der Waals surface area contributed by atoms with E-state index in [0.29, 0.717) is 29.9 Å². The van der Waals surface area contributed by atoms with Crippen LogP contribution in [0.4, 0.5) is 5.69 Å². The van der Waals surface area contributed by atoms with Crippen LogP contribution in [0.25, 0.3) is 0 Å². The van der Waals surface area contributed by atoms with Crippen LogP contribution in [0.2, 0.25) is 5.02 Å². The Hall–Kier alpha value is -2.77. The molecule has 3 aromatic rings. The summed E-state index contributed by atoms with van der Waals surface area (Å²) < 4.78 is 32.9. The minimum Gasteiger partial charge on any atom is -0.478 e. The molecule has 140 valence electrons. The molecule has 0 aliphatic carbocycles. The number of rotatable bonds is 7. The fourth-order valence-corrected chi connectivity index (χ4v) is 4.27. The summed E-state index contributed by atoms with van der Waals surface area (Å²) in [5.41, 5.74) is 0.675. The topological polar surface area (TPSA) is 96.6 Å². The molecule has 2 N–H and O–H groups in total. The van der Waals surface area contributed by atoms with Gasteiger partial charge in [-0.1, -0.05) is 29.8 Å². The van der Waals surface area contributed by atoms with Crippen molar-refractivity contribution in [2.45, 2.75) is 17.7 Å². The number of nitrogens with one attached hydrogen (secondary N) is 1. The summed E-state index contributed by atoms with van der Waals surface area (Å²) in [6.07, 6.45) is 2.35. The highest BCUT2D eigenvalue weighted by atomic mass is 35.5. The first-order valence-corrected chi connectivity index (χ1v) is 9.89. The lowest BCUT2D eigenvalue weighted by Crippen LogP contribution is -2.15. The molecule has 0 fully saturated rings. The second-order valence-electron chi connectivity index (χ2n) is 5.80. The van der Waals surface area contributed by atoms with E-state index < -0.39 is 16.0 Å². The molecule has 0 saturated heterocycles. The highest BCUT2D eigenvalue weighted by molar-refractivity contribution is 7.92. The molecule has 0 spiro atoms. The summed E-state index contributed by atoms with van der Waals surface area (Å²) >= 11 is 6.18. The number of sulfonamides is 1. The number of carbonyl (C=O) groups is 1. The monoisotopic (exact) mass is 405 g/mol. The Morgan fingerprint density at radius 1 is 1.07 bits per heavy atom. The Morgan fingerprint density at radius 2 is 1.81 bits per heavy atom. The molecule has 0 atom stereocenters. The maximum atomic E-state index is 12.6. The standard InChI is InChI=1S/C19H16ClNO5S/c20-17-11-13(8-9-15-7-4-10-26-15)16(19(22)23)12-18(17)27(24,25)21-14-5-2-1-3-6-14/h1-7,10-12,21H,8-9H2,(H,22,23). The number of halogens is 1. The average Bonchev–Trinajstić information content (AvgIpc) is 3.13. The fourth-order valence-electron chi connectivity index (χ4n) is 2.64. The van der Waals surface area contributed by atoms with E-state index in [1.165, 1.54) is 12.3 Å². The number of furan rings is 1. The zero-order valence-electron chi connectivity index (χ0n) is 14.1. The van der Waals surface area contributed by atoms with Crippen molar-refractivity contribution in [2.24, 2.45) is 0 Å². The van der Waals surface area contributed by atoms with Gasteiger partial charge in [0.25, 0.3) is 10.0 Å². The predicted octanol–water partition coefficient (Wildman–Crippen LogP) is 4.22. The molecule has 0 aliphatic heterocycles. The van der Waals surface area contributed by atoms with Crippen LogP contribution in [0.5, 0.6) is 0 Å². The number of para-hydroxylation sites is 1. The third-order valence-electron chi connectivity index (χ3n) is 3.92. The predicted molar refractivity (Wildman–Crippen MR) is 102 cm³/mol. The van der Waals surface area contributed by atoms with Crippen LogP contribution in [0.3, 0.4) is 0 Å². The lowest BCUT2D eigenvalue weighted by atomic mass is 10.0. The highest BCUT2D eigenvalue weighted by Gasteiger charge is 2.23. The Bertz CT molecular complexity index is 1050. The van der Waals surface area contributed by atoms with Crippen LogP contribution in [0.15, 0.2) is 70.2 Å². The average molecular weight is 406 g/mol. The van der Waals surface area contributed by atoms with Crippen molar-refractivity contribution in [2.75, 3.05) is 4.72 Å². The zero-order valence-corrected chi connectivity index (χ0v) is 15.6. The molecule has 6 nitrogen and oxygen atoms in total. The van der Waals surface area contributed by atoms with Crippen LogP contribution in [0.1, 0.15) is 21.7 Å². The van der Waals surface area contributed by atoms with Gasteiger partial charge in [0.1, 0.15) is 10.7 Å². The molecule has 0 amide bonds. The number of anilines is 1. The van der Waals surface area contributed by atoms with Crippen LogP contribution in [0, 0.1) is 0 Å². The van der Waals surface area contributed by atoms with E-state index in [2.05, 4.69) is 4.72 Å². The molecule has 3 rings (SSSR count). The summed E-state index contributed by atoms with van der Waals surface area (Å²) in [6.45, 7) is 0. The summed E-state index contributed by atoms with van der Waals surface area (Å²) in [5.74, 6) is -0.526. The number of benzene rings is 2. The van der Waals surface area contributed by atoms with Gasteiger partial charge in [0, 0.05) is 12.1 Å². The third-order valence-corrected chi connectivity index (χ3v) is 5.77. The summed E-state index contributed by atoms with van der Waals surface area (Å²) in [7, 11) is -4.04. The van der Waals surface area contributed by atoms with E-state index in [1.807, 2.05) is 0 Å². The van der Waals surface area contributed by atoms with Crippen molar-refractivity contribution in [1.82, 2.24) is 0 Å². The van der Waals surface area contributed by atoms with Gasteiger partial charge in [0.2, 0.25) is 0 Å². The Balaban J connectivity index is 1.94. The van der Waals surface area contributed by atoms with Gasteiger partial charge in [0.05, 0.1) is 16.8 Å². The lowest BCUT2D eigenvalue weighted by molar-refractivity contribution is 0.0695. The quantitative estimate of drug-likeness (QED) is 0.613. The number of aromatic carboxylic acids is 1. The maximum Gasteiger partial charge on any atom is 0.336 e. The van der Waals surface area contributed by atoms with Crippen LogP contribution < -0.4 is 4.72 Å². The number of carboxylic acids is 1. The zero-order chi connectivity index (χ0) is 19.4. The second kappa shape index (κ2) is 7.85. The van der Waals surface area contributed by atoms with Gasteiger partial charge in [0.15, 0.2) is 0 Å². The summed E-state index contributed by atoms with van der Waals surface area (Å²) in [4.78, 5) is 11.4. The van der Waals surface area contributed by atoms with Crippen molar-refractivity contribution in [3.63, 3.8) is 0 Å². The van der Waals surface area contributed by atoms with E-state index in [4.69, 9.17) is 16.0 Å². The van der Waals surface area contributed by atoms with Crippen LogP contribution in [-0.4, -0.2) is 19.5 Å². The first-order chi connectivity index (χ1) is 12.9. The van der Waals surface area contributed by atoms with E-state index in [0.717, 1.165) is 6.07 Å². The SMILES string of the molecule is O=C(O)c1cc(S(=O)(=O)Nc2ccccc2)c(Cl)cc1CCc1ccco1. The van der Waals surface area contributed by atoms with Crippen LogP contribution >= 0.6 is 11.6 Å². The molecule has 2 aromatic carbocycles. The van der Waals surface area contributed by atoms with Gasteiger partial charge in [-0.25, -0.2) is 13.2 Å². The van der Waals surface area contributed by atoms with Crippen molar-refractivity contribution < 1.29 is 22.7 Å².